The van der Waals surface area contributed by atoms with Gasteiger partial charge in [0.1, 0.15) is 6.07 Å². The minimum Gasteiger partial charge on any atom is -0.382 e. The fourth-order valence-electron chi connectivity index (χ4n) is 1.86. The predicted octanol–water partition coefficient (Wildman–Crippen LogP) is 1.80. The molecule has 1 fully saturated rings. The monoisotopic (exact) mass is 243 g/mol. The van der Waals surface area contributed by atoms with Crippen LogP contribution in [0.4, 0.5) is 5.69 Å². The van der Waals surface area contributed by atoms with Gasteiger partial charge in [-0.25, -0.2) is 0 Å². The van der Waals surface area contributed by atoms with E-state index in [1.807, 2.05) is 19.1 Å². The highest BCUT2D eigenvalue weighted by atomic mass is 16.2. The van der Waals surface area contributed by atoms with Crippen LogP contribution >= 0.6 is 0 Å². The zero-order chi connectivity index (χ0) is 13.0. The predicted molar refractivity (Wildman–Crippen MR) is 70.1 cm³/mol. The second-order valence-corrected chi connectivity index (χ2v) is 4.60. The van der Waals surface area contributed by atoms with Crippen LogP contribution < -0.4 is 10.6 Å². The van der Waals surface area contributed by atoms with Crippen molar-refractivity contribution in [2.75, 3.05) is 18.4 Å². The lowest BCUT2D eigenvalue weighted by Gasteiger charge is -2.11. The summed E-state index contributed by atoms with van der Waals surface area (Å²) in [5, 5.41) is 15.1. The normalized spacial score (nSPS) is 13.8. The van der Waals surface area contributed by atoms with Crippen molar-refractivity contribution in [3.05, 3.63) is 29.3 Å². The topological polar surface area (TPSA) is 64.9 Å². The summed E-state index contributed by atoms with van der Waals surface area (Å²) in [6.07, 6.45) is 2.05. The fourth-order valence-corrected chi connectivity index (χ4v) is 1.86. The molecule has 2 N–H and O–H groups in total. The molecule has 4 nitrogen and oxygen atoms in total. The van der Waals surface area contributed by atoms with Gasteiger partial charge >= 0.3 is 0 Å². The van der Waals surface area contributed by atoms with Crippen molar-refractivity contribution in [3.8, 4) is 6.07 Å². The van der Waals surface area contributed by atoms with Crippen LogP contribution in [-0.4, -0.2) is 19.0 Å². The minimum absolute atomic E-state index is 0.155. The first-order valence-electron chi connectivity index (χ1n) is 6.23. The van der Waals surface area contributed by atoms with Crippen LogP contribution in [0.1, 0.15) is 24.0 Å². The molecule has 1 saturated carbocycles. The maximum Gasteiger partial charge on any atom is 0.223 e. The van der Waals surface area contributed by atoms with Gasteiger partial charge in [0.2, 0.25) is 5.91 Å². The third-order valence-electron chi connectivity index (χ3n) is 3.07. The van der Waals surface area contributed by atoms with E-state index in [0.29, 0.717) is 18.7 Å². The first-order chi connectivity index (χ1) is 8.72. The third-order valence-corrected chi connectivity index (χ3v) is 3.07. The molecule has 4 heteroatoms. The van der Waals surface area contributed by atoms with Gasteiger partial charge in [-0.05, 0) is 31.4 Å². The van der Waals surface area contributed by atoms with E-state index in [0.717, 1.165) is 24.1 Å². The maximum atomic E-state index is 11.4. The minimum atomic E-state index is 0.155. The molecule has 1 aromatic rings. The highest BCUT2D eigenvalue weighted by Gasteiger charge is 2.28. The molecule has 1 amide bonds. The fraction of sp³-hybridized carbons (Fsp3) is 0.429. The van der Waals surface area contributed by atoms with Crippen molar-refractivity contribution in [1.29, 1.82) is 5.26 Å². The highest BCUT2D eigenvalue weighted by Crippen LogP contribution is 2.28. The van der Waals surface area contributed by atoms with Crippen molar-refractivity contribution in [1.82, 2.24) is 5.32 Å². The average Bonchev–Trinajstić information content (AvgIpc) is 3.19. The summed E-state index contributed by atoms with van der Waals surface area (Å²) < 4.78 is 0. The number of anilines is 1. The van der Waals surface area contributed by atoms with Crippen LogP contribution in [-0.2, 0) is 4.79 Å². The SMILES string of the molecule is Cc1cccc(C#N)c1NCCNC(=O)C1CC1. The second kappa shape index (κ2) is 5.54. The average molecular weight is 243 g/mol. The molecule has 1 aromatic carbocycles. The van der Waals surface area contributed by atoms with Gasteiger partial charge in [0.25, 0.3) is 0 Å². The van der Waals surface area contributed by atoms with E-state index in [1.54, 1.807) is 6.07 Å². The Labute approximate surface area is 107 Å². The Kier molecular flexibility index (Phi) is 3.83. The molecular weight excluding hydrogens is 226 g/mol. The van der Waals surface area contributed by atoms with Gasteiger partial charge < -0.3 is 10.6 Å². The number of hydrogen-bond donors (Lipinski definition) is 2. The van der Waals surface area contributed by atoms with Crippen LogP contribution in [0.3, 0.4) is 0 Å². The van der Waals surface area contributed by atoms with E-state index < -0.39 is 0 Å². The number of nitrogens with zero attached hydrogens (tertiary/aromatic N) is 1. The number of para-hydroxylation sites is 1. The molecule has 0 spiro atoms. The molecule has 94 valence electrons. The lowest BCUT2D eigenvalue weighted by Crippen LogP contribution is -2.30. The molecule has 0 heterocycles. The van der Waals surface area contributed by atoms with Gasteiger partial charge in [0.05, 0.1) is 11.3 Å². The van der Waals surface area contributed by atoms with Gasteiger partial charge in [-0.15, -0.1) is 0 Å². The summed E-state index contributed by atoms with van der Waals surface area (Å²) >= 11 is 0. The number of hydrogen-bond acceptors (Lipinski definition) is 3. The Morgan fingerprint density at radius 1 is 1.44 bits per heavy atom. The molecule has 18 heavy (non-hydrogen) atoms. The van der Waals surface area contributed by atoms with Crippen LogP contribution in [0.5, 0.6) is 0 Å². The number of carbonyl (C=O) groups is 1. The number of nitriles is 1. The Morgan fingerprint density at radius 2 is 2.22 bits per heavy atom. The molecule has 1 aliphatic carbocycles. The van der Waals surface area contributed by atoms with E-state index in [9.17, 15) is 4.79 Å². The molecule has 0 atom stereocenters. The lowest BCUT2D eigenvalue weighted by molar-refractivity contribution is -0.122. The van der Waals surface area contributed by atoms with Gasteiger partial charge in [0, 0.05) is 19.0 Å². The van der Waals surface area contributed by atoms with E-state index in [2.05, 4.69) is 16.7 Å². The number of nitrogens with one attached hydrogen (secondary N) is 2. The molecule has 0 saturated heterocycles. The van der Waals surface area contributed by atoms with Gasteiger partial charge in [-0.2, -0.15) is 5.26 Å². The Hall–Kier alpha value is -2.02. The van der Waals surface area contributed by atoms with E-state index in [-0.39, 0.29) is 11.8 Å². The molecule has 0 radical (unpaired) electrons. The molecular formula is C14H17N3O. The maximum absolute atomic E-state index is 11.4. The largest absolute Gasteiger partial charge is 0.382 e. The smallest absolute Gasteiger partial charge is 0.223 e. The second-order valence-electron chi connectivity index (χ2n) is 4.60. The number of aryl methyl sites for hydroxylation is 1. The standard InChI is InChI=1S/C14H17N3O/c1-10-3-2-4-12(9-15)13(10)16-7-8-17-14(18)11-5-6-11/h2-4,11,16H,5-8H2,1H3,(H,17,18). The molecule has 0 bridgehead atoms. The summed E-state index contributed by atoms with van der Waals surface area (Å²) in [4.78, 5) is 11.4. The van der Waals surface area contributed by atoms with Crippen LogP contribution in [0.15, 0.2) is 18.2 Å². The number of carbonyl (C=O) groups excluding carboxylic acids is 1. The zero-order valence-corrected chi connectivity index (χ0v) is 10.5. The third kappa shape index (κ3) is 3.01. The highest BCUT2D eigenvalue weighted by molar-refractivity contribution is 5.80. The summed E-state index contributed by atoms with van der Waals surface area (Å²) in [7, 11) is 0. The first kappa shape index (κ1) is 12.4. The van der Waals surface area contributed by atoms with Crippen LogP contribution in [0, 0.1) is 24.2 Å². The Balaban J connectivity index is 1.82. The summed E-state index contributed by atoms with van der Waals surface area (Å²) in [6.45, 7) is 3.19. The summed E-state index contributed by atoms with van der Waals surface area (Å²) in [5.74, 6) is 0.403. The van der Waals surface area contributed by atoms with Crippen molar-refractivity contribution in [2.24, 2.45) is 5.92 Å². The molecule has 0 unspecified atom stereocenters. The number of amides is 1. The zero-order valence-electron chi connectivity index (χ0n) is 10.5. The van der Waals surface area contributed by atoms with Crippen molar-refractivity contribution >= 4 is 11.6 Å². The van der Waals surface area contributed by atoms with Gasteiger partial charge in [0.15, 0.2) is 0 Å². The quantitative estimate of drug-likeness (QED) is 0.775. The molecule has 0 aliphatic heterocycles. The molecule has 1 aliphatic rings. The van der Waals surface area contributed by atoms with Gasteiger partial charge in [-0.3, -0.25) is 4.79 Å². The Morgan fingerprint density at radius 3 is 2.89 bits per heavy atom. The number of benzene rings is 1. The first-order valence-corrected chi connectivity index (χ1v) is 6.23. The number of rotatable bonds is 5. The van der Waals surface area contributed by atoms with E-state index in [4.69, 9.17) is 5.26 Å². The van der Waals surface area contributed by atoms with Crippen LogP contribution in [0.25, 0.3) is 0 Å². The van der Waals surface area contributed by atoms with E-state index >= 15 is 0 Å². The van der Waals surface area contributed by atoms with Crippen molar-refractivity contribution in [3.63, 3.8) is 0 Å². The van der Waals surface area contributed by atoms with Crippen molar-refractivity contribution < 1.29 is 4.79 Å². The lowest BCUT2D eigenvalue weighted by atomic mass is 10.1. The van der Waals surface area contributed by atoms with Crippen LogP contribution in [0.2, 0.25) is 0 Å². The summed E-state index contributed by atoms with van der Waals surface area (Å²) in [5.41, 5.74) is 2.55. The summed E-state index contributed by atoms with van der Waals surface area (Å²) in [6, 6.07) is 7.79. The van der Waals surface area contributed by atoms with Gasteiger partial charge in [-0.1, -0.05) is 12.1 Å². The Bertz CT molecular complexity index is 486. The molecule has 0 aromatic heterocycles. The molecule has 2 rings (SSSR count). The van der Waals surface area contributed by atoms with Crippen molar-refractivity contribution in [2.45, 2.75) is 19.8 Å². The van der Waals surface area contributed by atoms with E-state index in [1.165, 1.54) is 0 Å².